The molecule has 0 amide bonds. The third-order valence-electron chi connectivity index (χ3n) is 3.51. The average molecular weight is 241 g/mol. The Bertz CT molecular complexity index is 699. The number of fused-ring (bicyclic) bond motifs is 1. The van der Waals surface area contributed by atoms with Crippen LogP contribution in [0.2, 0.25) is 0 Å². The van der Waals surface area contributed by atoms with Gasteiger partial charge >= 0.3 is 0 Å². The van der Waals surface area contributed by atoms with E-state index in [-0.39, 0.29) is 0 Å². The van der Waals surface area contributed by atoms with E-state index in [1.165, 1.54) is 22.6 Å². The second-order valence-electron chi connectivity index (χ2n) is 4.79. The van der Waals surface area contributed by atoms with Crippen LogP contribution in [0.1, 0.15) is 11.3 Å². The molecule has 3 aromatic rings. The summed E-state index contributed by atoms with van der Waals surface area (Å²) in [5.41, 5.74) is 4.90. The van der Waals surface area contributed by atoms with E-state index in [0.717, 1.165) is 5.78 Å². The molecular weight excluding hydrogens is 224 g/mol. The highest BCUT2D eigenvalue weighted by atomic mass is 15.2. The summed E-state index contributed by atoms with van der Waals surface area (Å²) >= 11 is 0. The second kappa shape index (κ2) is 3.70. The summed E-state index contributed by atoms with van der Waals surface area (Å²) in [7, 11) is 4.14. The van der Waals surface area contributed by atoms with Gasteiger partial charge in [-0.15, -0.1) is 0 Å². The zero-order valence-electron chi connectivity index (χ0n) is 11.2. The van der Waals surface area contributed by atoms with Crippen LogP contribution in [0, 0.1) is 13.8 Å². The number of aromatic nitrogens is 4. The van der Waals surface area contributed by atoms with E-state index < -0.39 is 0 Å². The third kappa shape index (κ3) is 1.38. The quantitative estimate of drug-likeness (QED) is 0.596. The van der Waals surface area contributed by atoms with E-state index >= 15 is 0 Å². The molecule has 0 atom stereocenters. The predicted molar refractivity (Wildman–Crippen MR) is 70.2 cm³/mol. The van der Waals surface area contributed by atoms with Gasteiger partial charge in [0.25, 0.3) is 0 Å². The Hall–Kier alpha value is -2.10. The molecule has 0 saturated heterocycles. The van der Waals surface area contributed by atoms with Gasteiger partial charge in [-0.05, 0) is 19.4 Å². The molecule has 0 N–H and O–H groups in total. The molecule has 0 radical (unpaired) electrons. The Morgan fingerprint density at radius 3 is 2.78 bits per heavy atom. The number of aryl methyl sites for hydroxylation is 4. The highest BCUT2D eigenvalue weighted by Crippen LogP contribution is 2.23. The van der Waals surface area contributed by atoms with Gasteiger partial charge in [-0.25, -0.2) is 4.98 Å². The molecule has 0 spiro atoms. The lowest BCUT2D eigenvalue weighted by Crippen LogP contribution is -2.31. The van der Waals surface area contributed by atoms with Crippen LogP contribution in [0.3, 0.4) is 0 Å². The van der Waals surface area contributed by atoms with Crippen LogP contribution in [-0.4, -0.2) is 14.0 Å². The van der Waals surface area contributed by atoms with Gasteiger partial charge in [0.15, 0.2) is 6.20 Å². The summed E-state index contributed by atoms with van der Waals surface area (Å²) < 4.78 is 6.41. The molecule has 0 aliphatic heterocycles. The van der Waals surface area contributed by atoms with Crippen LogP contribution >= 0.6 is 0 Å². The first kappa shape index (κ1) is 11.0. The topological polar surface area (TPSA) is 26.1 Å². The van der Waals surface area contributed by atoms with Crippen molar-refractivity contribution in [3.8, 4) is 11.4 Å². The lowest BCUT2D eigenvalue weighted by Gasteiger charge is -2.03. The van der Waals surface area contributed by atoms with Gasteiger partial charge in [-0.2, -0.15) is 4.57 Å². The molecule has 0 bridgehead atoms. The molecule has 4 nitrogen and oxygen atoms in total. The minimum atomic E-state index is 0.976. The Morgan fingerprint density at radius 1 is 1.28 bits per heavy atom. The molecule has 0 aliphatic rings. The molecule has 0 saturated carbocycles. The predicted octanol–water partition coefficient (Wildman–Crippen LogP) is 1.78. The molecule has 0 aliphatic carbocycles. The highest BCUT2D eigenvalue weighted by molar-refractivity contribution is 5.61. The van der Waals surface area contributed by atoms with Crippen molar-refractivity contribution in [3.05, 3.63) is 42.0 Å². The fourth-order valence-electron chi connectivity index (χ4n) is 2.53. The molecule has 0 aromatic carbocycles. The monoisotopic (exact) mass is 241 g/mol. The van der Waals surface area contributed by atoms with Crippen LogP contribution in [0.4, 0.5) is 0 Å². The van der Waals surface area contributed by atoms with Crippen LogP contribution in [0.5, 0.6) is 0 Å². The van der Waals surface area contributed by atoms with Crippen molar-refractivity contribution in [2.75, 3.05) is 0 Å². The fraction of sp³-hybridized carbons (Fsp3) is 0.286. The Balaban J connectivity index is 2.37. The SMILES string of the molecule is Cc1cc[n+](C)c(-c2c(C)n3ccnc3n2C)c1. The first-order valence-corrected chi connectivity index (χ1v) is 6.04. The zero-order valence-corrected chi connectivity index (χ0v) is 11.2. The van der Waals surface area contributed by atoms with Crippen molar-refractivity contribution in [1.29, 1.82) is 0 Å². The number of rotatable bonds is 1. The smallest absolute Gasteiger partial charge is 0.231 e. The maximum atomic E-state index is 4.39. The first-order valence-electron chi connectivity index (χ1n) is 6.04. The van der Waals surface area contributed by atoms with E-state index in [9.17, 15) is 0 Å². The van der Waals surface area contributed by atoms with Crippen molar-refractivity contribution in [2.24, 2.45) is 14.1 Å². The Labute approximate surface area is 106 Å². The van der Waals surface area contributed by atoms with E-state index in [1.807, 2.05) is 12.4 Å². The number of hydrogen-bond acceptors (Lipinski definition) is 1. The summed E-state index contributed by atoms with van der Waals surface area (Å²) in [5, 5.41) is 0. The molecule has 92 valence electrons. The van der Waals surface area contributed by atoms with Crippen molar-refractivity contribution in [1.82, 2.24) is 14.0 Å². The van der Waals surface area contributed by atoms with E-state index in [0.29, 0.717) is 0 Å². The average Bonchev–Trinajstić information content (AvgIpc) is 2.89. The molecule has 3 rings (SSSR count). The van der Waals surface area contributed by atoms with Gasteiger partial charge in [-0.1, -0.05) is 0 Å². The highest BCUT2D eigenvalue weighted by Gasteiger charge is 2.20. The van der Waals surface area contributed by atoms with Gasteiger partial charge in [0.2, 0.25) is 11.5 Å². The molecule has 0 fully saturated rings. The summed E-state index contributed by atoms with van der Waals surface area (Å²) in [4.78, 5) is 4.39. The molecule has 3 aromatic heterocycles. The summed E-state index contributed by atoms with van der Waals surface area (Å²) in [6.07, 6.45) is 5.94. The summed E-state index contributed by atoms with van der Waals surface area (Å²) in [6.45, 7) is 4.25. The van der Waals surface area contributed by atoms with Gasteiger partial charge in [0.1, 0.15) is 12.7 Å². The second-order valence-corrected chi connectivity index (χ2v) is 4.79. The molecular formula is C14H17N4+. The minimum Gasteiger partial charge on any atom is -0.308 e. The minimum absolute atomic E-state index is 0.976. The largest absolute Gasteiger partial charge is 0.308 e. The van der Waals surface area contributed by atoms with Gasteiger partial charge < -0.3 is 4.57 Å². The van der Waals surface area contributed by atoms with Crippen molar-refractivity contribution < 1.29 is 4.57 Å². The van der Waals surface area contributed by atoms with Crippen LogP contribution in [0.25, 0.3) is 17.2 Å². The van der Waals surface area contributed by atoms with Crippen LogP contribution in [-0.2, 0) is 14.1 Å². The lowest BCUT2D eigenvalue weighted by molar-refractivity contribution is -0.660. The third-order valence-corrected chi connectivity index (χ3v) is 3.51. The number of imidazole rings is 2. The van der Waals surface area contributed by atoms with Crippen LogP contribution < -0.4 is 4.57 Å². The van der Waals surface area contributed by atoms with Gasteiger partial charge in [0, 0.05) is 31.6 Å². The number of pyridine rings is 1. The number of hydrogen-bond donors (Lipinski definition) is 0. The first-order chi connectivity index (χ1) is 8.59. The molecule has 18 heavy (non-hydrogen) atoms. The molecule has 4 heteroatoms. The molecule has 0 unspecified atom stereocenters. The van der Waals surface area contributed by atoms with Crippen molar-refractivity contribution in [3.63, 3.8) is 0 Å². The zero-order chi connectivity index (χ0) is 12.9. The van der Waals surface area contributed by atoms with Gasteiger partial charge in [-0.3, -0.25) is 4.40 Å². The Kier molecular flexibility index (Phi) is 2.26. The summed E-state index contributed by atoms with van der Waals surface area (Å²) in [6, 6.07) is 4.33. The maximum Gasteiger partial charge on any atom is 0.231 e. The van der Waals surface area contributed by atoms with Gasteiger partial charge in [0.05, 0.1) is 5.69 Å². The fourth-order valence-corrected chi connectivity index (χ4v) is 2.53. The van der Waals surface area contributed by atoms with E-state index in [2.05, 4.69) is 64.8 Å². The van der Waals surface area contributed by atoms with E-state index in [4.69, 9.17) is 0 Å². The van der Waals surface area contributed by atoms with Crippen molar-refractivity contribution >= 4 is 5.78 Å². The summed E-state index contributed by atoms with van der Waals surface area (Å²) in [5.74, 6) is 0.976. The normalized spacial score (nSPS) is 11.3. The molecule has 3 heterocycles. The van der Waals surface area contributed by atoms with Crippen molar-refractivity contribution in [2.45, 2.75) is 13.8 Å². The standard InChI is InChI=1S/C14H17N4/c1-10-5-7-16(3)12(9-10)13-11(2)18-8-6-15-14(18)17(13)4/h5-9H,1-4H3/q+1. The van der Waals surface area contributed by atoms with Crippen LogP contribution in [0.15, 0.2) is 30.7 Å². The van der Waals surface area contributed by atoms with E-state index in [1.54, 1.807) is 0 Å². The lowest BCUT2D eigenvalue weighted by atomic mass is 10.2. The Morgan fingerprint density at radius 2 is 2.06 bits per heavy atom. The maximum absolute atomic E-state index is 4.39. The number of nitrogens with zero attached hydrogens (tertiary/aromatic N) is 4.